The minimum Gasteiger partial charge on any atom is -0.456 e. The molecule has 0 aliphatic carbocycles. The highest BCUT2D eigenvalue weighted by Crippen LogP contribution is 2.45. The van der Waals surface area contributed by atoms with E-state index in [1.54, 1.807) is 0 Å². The summed E-state index contributed by atoms with van der Waals surface area (Å²) < 4.78 is 55.5. The zero-order valence-corrected chi connectivity index (χ0v) is 71.3. The lowest BCUT2D eigenvalue weighted by molar-refractivity contribution is 0.668. The third kappa shape index (κ3) is 12.7. The lowest BCUT2D eigenvalue weighted by Crippen LogP contribution is -2.00. The summed E-state index contributed by atoms with van der Waals surface area (Å²) in [7, 11) is 0. The molecule has 12 heterocycles. The highest BCUT2D eigenvalue weighted by molar-refractivity contribution is 6.14. The first-order valence-corrected chi connectivity index (χ1v) is 44.5. The van der Waals surface area contributed by atoms with E-state index in [0.717, 1.165) is 270 Å². The number of para-hydroxylation sites is 9. The highest BCUT2D eigenvalue weighted by atomic mass is 16.4. The van der Waals surface area contributed by atoms with Gasteiger partial charge in [-0.3, -0.25) is 0 Å². The van der Waals surface area contributed by atoms with Gasteiger partial charge in [0.25, 0.3) is 0 Å². The van der Waals surface area contributed by atoms with Crippen LogP contribution in [-0.4, -0.2) is 34.9 Å². The zero-order chi connectivity index (χ0) is 88.5. The van der Waals surface area contributed by atoms with Crippen molar-refractivity contribution >= 4 is 197 Å². The Hall–Kier alpha value is -18.7. The predicted molar refractivity (Wildman–Crippen MR) is 538 cm³/mol. The van der Waals surface area contributed by atoms with Gasteiger partial charge in [0.05, 0.1) is 22.8 Å². The summed E-state index contributed by atoms with van der Waals surface area (Å²) in [5.41, 5.74) is 26.6. The second-order valence-corrected chi connectivity index (χ2v) is 34.0. The van der Waals surface area contributed by atoms with Crippen LogP contribution in [0.15, 0.2) is 434 Å². The molecule has 0 radical (unpaired) electrons. The summed E-state index contributed by atoms with van der Waals surface area (Å²) in [5.74, 6) is 2.95. The lowest BCUT2D eigenvalue weighted by Gasteiger charge is -2.10. The molecule has 0 amide bonds. The number of aromatic nitrogens is 7. The van der Waals surface area contributed by atoms with E-state index in [4.69, 9.17) is 74.6 Å². The summed E-state index contributed by atoms with van der Waals surface area (Å²) in [6.45, 7) is 0. The molecule has 0 saturated carbocycles. The van der Waals surface area contributed by atoms with Crippen molar-refractivity contribution in [1.29, 1.82) is 0 Å². The second kappa shape index (κ2) is 30.0. The molecule has 30 aromatic rings. The van der Waals surface area contributed by atoms with Crippen molar-refractivity contribution in [3.05, 3.63) is 394 Å². The number of hydrogen-bond acceptors (Lipinski definition) is 16. The minimum absolute atomic E-state index is 0.562. The molecule has 18 aromatic carbocycles. The molecular formula is C119H65N7O9. The van der Waals surface area contributed by atoms with Gasteiger partial charge in [-0.2, -0.15) is 0 Å². The van der Waals surface area contributed by atoms with Crippen LogP contribution in [0.25, 0.3) is 299 Å². The SMILES string of the molecule is c1ccc2c(c1)oc1cc(-c3cc(-c4ccc5c(c4)oc4ccccc45)nc(-c4ccc5oc6ccccc6c5c4)n3)ccc12.c1ccc2c(c1)oc1cc(-c3cc(-c4ccc5oc6ccccc6c5c4)nc(-c4ccc5c(c4)oc4ccccc45)n3)ccc12.c1ccc2c(c1)oc1cc(-c3nc(-c4ccc5oc6ccccc6c5c4)nc(-c4ccc5oc6ccccc6c5c4)n3)ccc12. The Bertz CT molecular complexity index is 9380. The fourth-order valence-corrected chi connectivity index (χ4v) is 19.4. The van der Waals surface area contributed by atoms with E-state index in [0.29, 0.717) is 29.1 Å². The maximum Gasteiger partial charge on any atom is 0.164 e. The normalized spacial score (nSPS) is 12.0. The van der Waals surface area contributed by atoms with Gasteiger partial charge >= 0.3 is 0 Å². The van der Waals surface area contributed by atoms with E-state index in [1.807, 2.05) is 231 Å². The molecule has 12 aromatic heterocycles. The Morgan fingerprint density at radius 1 is 0.104 bits per heavy atom. The van der Waals surface area contributed by atoms with Crippen LogP contribution >= 0.6 is 0 Å². The van der Waals surface area contributed by atoms with Crippen LogP contribution in [0.1, 0.15) is 0 Å². The maximum absolute atomic E-state index is 6.24. The third-order valence-corrected chi connectivity index (χ3v) is 26.0. The van der Waals surface area contributed by atoms with Gasteiger partial charge in [0.2, 0.25) is 0 Å². The van der Waals surface area contributed by atoms with Crippen molar-refractivity contribution in [3.63, 3.8) is 0 Å². The largest absolute Gasteiger partial charge is 0.456 e. The first-order valence-electron chi connectivity index (χ1n) is 44.5. The number of nitrogens with zero attached hydrogens (tertiary/aromatic N) is 7. The molecule has 16 heteroatoms. The van der Waals surface area contributed by atoms with Crippen LogP contribution in [0.5, 0.6) is 0 Å². The average Bonchev–Trinajstić information content (AvgIpc) is 1.70. The van der Waals surface area contributed by atoms with Gasteiger partial charge in [-0.05, 0) is 200 Å². The Kier molecular flexibility index (Phi) is 16.7. The molecule has 0 aliphatic rings. The molecule has 0 spiro atoms. The van der Waals surface area contributed by atoms with Crippen LogP contribution in [-0.2, 0) is 0 Å². The molecular weight excluding hydrogens is 1670 g/mol. The van der Waals surface area contributed by atoms with Crippen LogP contribution in [0.3, 0.4) is 0 Å². The van der Waals surface area contributed by atoms with E-state index < -0.39 is 0 Å². The lowest BCUT2D eigenvalue weighted by atomic mass is 10.0. The Morgan fingerprint density at radius 2 is 0.252 bits per heavy atom. The molecule has 0 aliphatic heterocycles. The third-order valence-electron chi connectivity index (χ3n) is 26.0. The highest BCUT2D eigenvalue weighted by Gasteiger charge is 2.24. The van der Waals surface area contributed by atoms with Gasteiger partial charge in [0, 0.05) is 147 Å². The van der Waals surface area contributed by atoms with Gasteiger partial charge in [-0.25, -0.2) is 34.9 Å². The Balaban J connectivity index is 0.000000101. The quantitative estimate of drug-likeness (QED) is 0.132. The zero-order valence-electron chi connectivity index (χ0n) is 71.3. The first kappa shape index (κ1) is 75.3. The second-order valence-electron chi connectivity index (χ2n) is 34.0. The van der Waals surface area contributed by atoms with Gasteiger partial charge in [-0.15, -0.1) is 0 Å². The molecule has 0 bridgehead atoms. The monoisotopic (exact) mass is 1740 g/mol. The standard InChI is InChI=1S/2C40H22N2O3.C39H21N3O3/c1-4-10-34-26(7-1)29-16-13-24(20-38(29)44-34)33-22-32(23-15-18-37-31(19-23)28-9-3-6-12-36(28)43-37)41-40(42-33)25-14-17-30-27-8-2-5-11-35(27)45-39(30)21-25;1-4-10-34-26(7-1)29-16-13-23(20-38(29)44-34)32-22-33(24-14-17-30-27-8-2-5-11-35(27)45-39(30)21-24)42-40(41-32)25-15-18-37-31(19-25)28-9-3-6-12-36(28)43-37;1-4-10-31-25(7-1)28-16-13-24(21-36(28)45-31)39-41-37(22-14-17-34-29(19-22)26-8-2-5-11-32(26)43-34)40-38(42-39)23-15-18-35-30(20-23)27-9-3-6-12-33(27)44-35/h2*1-22H;1-21H. The summed E-state index contributed by atoms with van der Waals surface area (Å²) in [6, 6.07) is 133. The molecule has 630 valence electrons. The topological polar surface area (TPSA) is 208 Å². The van der Waals surface area contributed by atoms with Crippen LogP contribution in [0.4, 0.5) is 0 Å². The van der Waals surface area contributed by atoms with Gasteiger partial charge in [0.15, 0.2) is 29.1 Å². The van der Waals surface area contributed by atoms with E-state index in [-0.39, 0.29) is 0 Å². The van der Waals surface area contributed by atoms with E-state index in [1.165, 1.54) is 0 Å². The predicted octanol–water partition coefficient (Wildman–Crippen LogP) is 32.9. The summed E-state index contributed by atoms with van der Waals surface area (Å²) >= 11 is 0. The molecule has 0 unspecified atom stereocenters. The number of fused-ring (bicyclic) bond motifs is 27. The van der Waals surface area contributed by atoms with Crippen molar-refractivity contribution in [2.75, 3.05) is 0 Å². The molecule has 16 nitrogen and oxygen atoms in total. The summed E-state index contributed by atoms with van der Waals surface area (Å²) in [4.78, 5) is 35.5. The molecule has 0 atom stereocenters. The number of benzene rings is 18. The molecule has 30 rings (SSSR count). The molecule has 0 N–H and O–H groups in total. The van der Waals surface area contributed by atoms with E-state index in [9.17, 15) is 0 Å². The number of hydrogen-bond donors (Lipinski definition) is 0. The van der Waals surface area contributed by atoms with Crippen molar-refractivity contribution in [1.82, 2.24) is 34.9 Å². The summed E-state index contributed by atoms with van der Waals surface area (Å²) in [6.07, 6.45) is 0. The van der Waals surface area contributed by atoms with E-state index >= 15 is 0 Å². The molecule has 0 fully saturated rings. The van der Waals surface area contributed by atoms with Gasteiger partial charge in [0.1, 0.15) is 100 Å². The minimum atomic E-state index is 0.562. The molecule has 135 heavy (non-hydrogen) atoms. The van der Waals surface area contributed by atoms with E-state index in [2.05, 4.69) is 164 Å². The Morgan fingerprint density at radius 3 is 0.496 bits per heavy atom. The van der Waals surface area contributed by atoms with Crippen molar-refractivity contribution in [3.8, 4) is 102 Å². The fraction of sp³-hybridized carbons (Fsp3) is 0. The Labute approximate surface area is 763 Å². The van der Waals surface area contributed by atoms with Gasteiger partial charge < -0.3 is 39.8 Å². The van der Waals surface area contributed by atoms with Crippen LogP contribution in [0, 0.1) is 0 Å². The van der Waals surface area contributed by atoms with Crippen LogP contribution in [0.2, 0.25) is 0 Å². The van der Waals surface area contributed by atoms with Crippen molar-refractivity contribution < 1.29 is 39.8 Å². The number of furan rings is 9. The van der Waals surface area contributed by atoms with Gasteiger partial charge in [-0.1, -0.05) is 194 Å². The smallest absolute Gasteiger partial charge is 0.164 e. The van der Waals surface area contributed by atoms with Crippen molar-refractivity contribution in [2.24, 2.45) is 0 Å². The average molecular weight is 1740 g/mol. The number of rotatable bonds is 9. The molecule has 0 saturated heterocycles. The summed E-state index contributed by atoms with van der Waals surface area (Å²) in [5, 5.41) is 19.2. The first-order chi connectivity index (χ1) is 66.7. The maximum atomic E-state index is 6.24. The fourth-order valence-electron chi connectivity index (χ4n) is 19.4. The van der Waals surface area contributed by atoms with Crippen molar-refractivity contribution in [2.45, 2.75) is 0 Å². The van der Waals surface area contributed by atoms with Crippen LogP contribution < -0.4 is 0 Å².